The van der Waals surface area contributed by atoms with Crippen LogP contribution in [0.5, 0.6) is 0 Å². The summed E-state index contributed by atoms with van der Waals surface area (Å²) in [4.78, 5) is 13.4. The maximum absolute atomic E-state index is 13.4. The molecule has 1 amide bonds. The minimum Gasteiger partial charge on any atom is -0.336 e. The minimum atomic E-state index is -0.722. The molecule has 1 atom stereocenters. The molecule has 0 bridgehead atoms. The van der Waals surface area contributed by atoms with Crippen LogP contribution in [0.3, 0.4) is 0 Å². The molecule has 2 heterocycles. The summed E-state index contributed by atoms with van der Waals surface area (Å²) in [7, 11) is 0. The fourth-order valence-electron chi connectivity index (χ4n) is 6.51. The summed E-state index contributed by atoms with van der Waals surface area (Å²) in [6.07, 6.45) is 15.2. The number of aromatic nitrogens is 1. The van der Waals surface area contributed by atoms with Crippen molar-refractivity contribution in [3.05, 3.63) is 65.2 Å². The van der Waals surface area contributed by atoms with Crippen molar-refractivity contribution in [3.8, 4) is 17.3 Å². The lowest BCUT2D eigenvalue weighted by Crippen LogP contribution is -2.45. The molecule has 3 aromatic rings. The molecule has 1 aromatic heterocycles. The maximum Gasteiger partial charge on any atom is 0.252 e. The van der Waals surface area contributed by atoms with Crippen molar-refractivity contribution in [1.82, 2.24) is 9.88 Å². The molecule has 192 valence electrons. The standard InChI is InChI=1S/C33H39N3O/c1-3-5-6-14-25(12-4-2)30-28-18-17-26(32(37)35-33(23-34)19-9-10-20-33)22-29(28)36-21-11-15-24-13-7-8-16-27(24)31(30)36/h7-8,11,13,15-18,22,25H,3-6,9-10,12,14,19-21H2,1-2H3,(H,35,37). The molecule has 5 rings (SSSR count). The van der Waals surface area contributed by atoms with Gasteiger partial charge in [0.2, 0.25) is 0 Å². The lowest BCUT2D eigenvalue weighted by atomic mass is 9.85. The topological polar surface area (TPSA) is 57.8 Å². The lowest BCUT2D eigenvalue weighted by Gasteiger charge is -2.22. The van der Waals surface area contributed by atoms with Gasteiger partial charge in [0.05, 0.1) is 11.8 Å². The van der Waals surface area contributed by atoms with Gasteiger partial charge in [0.15, 0.2) is 0 Å². The Bertz CT molecular complexity index is 1350. The third-order valence-electron chi connectivity index (χ3n) is 8.39. The fourth-order valence-corrected chi connectivity index (χ4v) is 6.51. The van der Waals surface area contributed by atoms with Crippen LogP contribution in [-0.2, 0) is 6.54 Å². The molecule has 4 heteroatoms. The van der Waals surface area contributed by atoms with E-state index in [4.69, 9.17) is 0 Å². The normalized spacial score (nSPS) is 16.6. The van der Waals surface area contributed by atoms with Crippen molar-refractivity contribution in [2.24, 2.45) is 0 Å². The van der Waals surface area contributed by atoms with E-state index in [2.05, 4.69) is 78.4 Å². The SMILES string of the molecule is CCCCCC(CCC)c1c2n(c3cc(C(=O)NC4(C#N)CCCC4)ccc13)CC=Cc1ccccc1-2. The number of fused-ring (bicyclic) bond motifs is 5. The number of rotatable bonds is 9. The van der Waals surface area contributed by atoms with Crippen LogP contribution in [0.4, 0.5) is 0 Å². The van der Waals surface area contributed by atoms with Crippen molar-refractivity contribution in [2.45, 2.75) is 96.1 Å². The number of nitrogens with zero attached hydrogens (tertiary/aromatic N) is 2. The van der Waals surface area contributed by atoms with Gasteiger partial charge in [0, 0.05) is 28.6 Å². The molecule has 0 radical (unpaired) electrons. The number of hydrogen-bond donors (Lipinski definition) is 1. The molecule has 1 saturated carbocycles. The second-order valence-corrected chi connectivity index (χ2v) is 10.9. The van der Waals surface area contributed by atoms with E-state index >= 15 is 0 Å². The molecule has 2 aliphatic rings. The molecule has 1 aliphatic heterocycles. The highest BCUT2D eigenvalue weighted by atomic mass is 16.1. The Kier molecular flexibility index (Phi) is 7.51. The second kappa shape index (κ2) is 11.0. The third-order valence-corrected chi connectivity index (χ3v) is 8.39. The molecule has 0 spiro atoms. The van der Waals surface area contributed by atoms with Gasteiger partial charge in [-0.2, -0.15) is 5.26 Å². The fraction of sp³-hybridized carbons (Fsp3) is 0.455. The first-order valence-electron chi connectivity index (χ1n) is 14.3. The van der Waals surface area contributed by atoms with Gasteiger partial charge in [0.1, 0.15) is 5.54 Å². The first-order valence-corrected chi connectivity index (χ1v) is 14.3. The molecule has 1 fully saturated rings. The highest BCUT2D eigenvalue weighted by Crippen LogP contribution is 2.44. The number of amides is 1. The number of nitriles is 1. The van der Waals surface area contributed by atoms with Gasteiger partial charge in [-0.15, -0.1) is 0 Å². The van der Waals surface area contributed by atoms with Crippen molar-refractivity contribution < 1.29 is 4.79 Å². The smallest absolute Gasteiger partial charge is 0.252 e. The molecule has 2 aromatic carbocycles. The number of nitrogens with one attached hydrogen (secondary N) is 1. The van der Waals surface area contributed by atoms with Gasteiger partial charge in [-0.25, -0.2) is 0 Å². The van der Waals surface area contributed by atoms with Gasteiger partial charge in [-0.05, 0) is 67.7 Å². The average molecular weight is 494 g/mol. The summed E-state index contributed by atoms with van der Waals surface area (Å²) < 4.78 is 2.42. The van der Waals surface area contributed by atoms with Crippen LogP contribution >= 0.6 is 0 Å². The number of unbranched alkanes of at least 4 members (excludes halogenated alkanes) is 2. The van der Waals surface area contributed by atoms with E-state index in [1.54, 1.807) is 0 Å². The molecule has 4 nitrogen and oxygen atoms in total. The van der Waals surface area contributed by atoms with E-state index in [0.717, 1.165) is 44.2 Å². The van der Waals surface area contributed by atoms with Gasteiger partial charge < -0.3 is 9.88 Å². The Balaban J connectivity index is 1.65. The Morgan fingerprint density at radius 1 is 1.08 bits per heavy atom. The quantitative estimate of drug-likeness (QED) is 0.304. The molecule has 1 unspecified atom stereocenters. The Morgan fingerprint density at radius 2 is 1.89 bits per heavy atom. The summed E-state index contributed by atoms with van der Waals surface area (Å²) in [6, 6.07) is 17.3. The average Bonchev–Trinajstić information content (AvgIpc) is 3.45. The number of carbonyl (C=O) groups excluding carboxylic acids is 1. The largest absolute Gasteiger partial charge is 0.336 e. The highest BCUT2D eigenvalue weighted by molar-refractivity contribution is 6.01. The van der Waals surface area contributed by atoms with E-state index in [1.165, 1.54) is 59.9 Å². The van der Waals surface area contributed by atoms with Crippen LogP contribution in [-0.4, -0.2) is 16.0 Å². The number of allylic oxidation sites excluding steroid dienone is 1. The van der Waals surface area contributed by atoms with Crippen LogP contribution < -0.4 is 5.32 Å². The number of benzene rings is 2. The zero-order chi connectivity index (χ0) is 25.8. The predicted molar refractivity (Wildman–Crippen MR) is 152 cm³/mol. The Labute approximate surface area is 221 Å². The molecule has 0 saturated heterocycles. The lowest BCUT2D eigenvalue weighted by molar-refractivity contribution is 0.0921. The zero-order valence-electron chi connectivity index (χ0n) is 22.4. The number of hydrogen-bond acceptors (Lipinski definition) is 2. The second-order valence-electron chi connectivity index (χ2n) is 10.9. The van der Waals surface area contributed by atoms with E-state index in [0.29, 0.717) is 11.5 Å². The summed E-state index contributed by atoms with van der Waals surface area (Å²) in [6.45, 7) is 5.34. The van der Waals surface area contributed by atoms with Gasteiger partial charge in [-0.3, -0.25) is 4.79 Å². The maximum atomic E-state index is 13.4. The van der Waals surface area contributed by atoms with Crippen molar-refractivity contribution >= 4 is 22.9 Å². The Morgan fingerprint density at radius 3 is 2.65 bits per heavy atom. The van der Waals surface area contributed by atoms with Crippen molar-refractivity contribution in [1.29, 1.82) is 5.26 Å². The first kappa shape index (κ1) is 25.3. The van der Waals surface area contributed by atoms with Crippen LogP contribution in [0, 0.1) is 11.3 Å². The Hall–Kier alpha value is -3.32. The van der Waals surface area contributed by atoms with Gasteiger partial charge in [-0.1, -0.05) is 82.0 Å². The van der Waals surface area contributed by atoms with Crippen LogP contribution in [0.2, 0.25) is 0 Å². The third kappa shape index (κ3) is 4.85. The highest BCUT2D eigenvalue weighted by Gasteiger charge is 2.36. The van der Waals surface area contributed by atoms with E-state index < -0.39 is 5.54 Å². The molecule has 37 heavy (non-hydrogen) atoms. The zero-order valence-corrected chi connectivity index (χ0v) is 22.4. The van der Waals surface area contributed by atoms with E-state index in [1.807, 2.05) is 6.07 Å². The molecule has 1 aliphatic carbocycles. The van der Waals surface area contributed by atoms with Crippen LogP contribution in [0.25, 0.3) is 28.2 Å². The van der Waals surface area contributed by atoms with Crippen LogP contribution in [0.1, 0.15) is 105 Å². The van der Waals surface area contributed by atoms with E-state index in [-0.39, 0.29) is 5.91 Å². The summed E-state index contributed by atoms with van der Waals surface area (Å²) >= 11 is 0. The minimum absolute atomic E-state index is 0.139. The summed E-state index contributed by atoms with van der Waals surface area (Å²) in [5.41, 5.74) is 6.32. The molecular weight excluding hydrogens is 454 g/mol. The summed E-state index contributed by atoms with van der Waals surface area (Å²) in [5.74, 6) is 0.349. The van der Waals surface area contributed by atoms with Crippen LogP contribution in [0.15, 0.2) is 48.5 Å². The van der Waals surface area contributed by atoms with Crippen molar-refractivity contribution in [2.75, 3.05) is 0 Å². The first-order chi connectivity index (χ1) is 18.1. The van der Waals surface area contributed by atoms with Crippen molar-refractivity contribution in [3.63, 3.8) is 0 Å². The van der Waals surface area contributed by atoms with Gasteiger partial charge in [0.25, 0.3) is 5.91 Å². The number of carbonyl (C=O) groups is 1. The van der Waals surface area contributed by atoms with Gasteiger partial charge >= 0.3 is 0 Å². The monoisotopic (exact) mass is 493 g/mol. The summed E-state index contributed by atoms with van der Waals surface area (Å²) in [5, 5.41) is 14.2. The predicted octanol–water partition coefficient (Wildman–Crippen LogP) is 8.37. The molecular formula is C33H39N3O. The molecule has 1 N–H and O–H groups in total. The van der Waals surface area contributed by atoms with E-state index in [9.17, 15) is 10.1 Å².